The molecule has 0 fully saturated rings. The van der Waals surface area contributed by atoms with E-state index in [-0.39, 0.29) is 18.3 Å². The molecule has 96 valence electrons. The summed E-state index contributed by atoms with van der Waals surface area (Å²) >= 11 is 11.6. The van der Waals surface area contributed by atoms with E-state index in [9.17, 15) is 8.42 Å². The van der Waals surface area contributed by atoms with E-state index in [0.29, 0.717) is 15.8 Å². The molecule has 1 unspecified atom stereocenters. The molecule has 0 saturated heterocycles. The zero-order chi connectivity index (χ0) is 13.1. The number of rotatable bonds is 5. The summed E-state index contributed by atoms with van der Waals surface area (Å²) in [5.74, 6) is 0.110. The van der Waals surface area contributed by atoms with Crippen LogP contribution in [0.2, 0.25) is 10.0 Å². The maximum absolute atomic E-state index is 10.8. The first kappa shape index (κ1) is 14.9. The van der Waals surface area contributed by atoms with Gasteiger partial charge in [-0.3, -0.25) is 0 Å². The second-order valence-corrected chi connectivity index (χ2v) is 7.36. The minimum absolute atomic E-state index is 0.139. The van der Waals surface area contributed by atoms with E-state index in [1.807, 2.05) is 0 Å². The zero-order valence-corrected chi connectivity index (χ0v) is 12.1. The first-order valence-corrected chi connectivity index (χ1v) is 8.01. The topological polar surface area (TPSA) is 43.4 Å². The van der Waals surface area contributed by atoms with Crippen molar-refractivity contribution in [1.29, 1.82) is 0 Å². The normalized spacial score (nSPS) is 13.4. The van der Waals surface area contributed by atoms with Crippen LogP contribution in [0, 0.1) is 5.92 Å². The fourth-order valence-electron chi connectivity index (χ4n) is 1.21. The van der Waals surface area contributed by atoms with Crippen molar-refractivity contribution in [2.45, 2.75) is 6.92 Å². The van der Waals surface area contributed by atoms with Gasteiger partial charge >= 0.3 is 0 Å². The fourth-order valence-corrected chi connectivity index (χ4v) is 3.10. The molecular weight excluding hydrogens is 307 g/mol. The highest BCUT2D eigenvalue weighted by Crippen LogP contribution is 2.27. The van der Waals surface area contributed by atoms with E-state index in [2.05, 4.69) is 0 Å². The molecular formula is C10H11Cl3O3S. The number of hydrogen-bond donors (Lipinski definition) is 0. The van der Waals surface area contributed by atoms with Crippen LogP contribution in [0.5, 0.6) is 5.75 Å². The van der Waals surface area contributed by atoms with Crippen molar-refractivity contribution in [2.75, 3.05) is 12.4 Å². The maximum Gasteiger partial charge on any atom is 0.232 e. The summed E-state index contributed by atoms with van der Waals surface area (Å²) in [5, 5.41) is 0.900. The molecule has 1 aromatic rings. The Labute approximate surface area is 115 Å². The molecule has 0 amide bonds. The van der Waals surface area contributed by atoms with Gasteiger partial charge in [0, 0.05) is 21.6 Å². The molecule has 3 nitrogen and oxygen atoms in total. The Kier molecular flexibility index (Phi) is 5.38. The van der Waals surface area contributed by atoms with Crippen molar-refractivity contribution in [1.82, 2.24) is 0 Å². The molecule has 1 rings (SSSR count). The van der Waals surface area contributed by atoms with Crippen LogP contribution >= 0.6 is 33.9 Å². The number of halogens is 3. The van der Waals surface area contributed by atoms with Crippen LogP contribution in [0.25, 0.3) is 0 Å². The average molecular weight is 318 g/mol. The highest BCUT2D eigenvalue weighted by Gasteiger charge is 2.14. The van der Waals surface area contributed by atoms with Crippen molar-refractivity contribution < 1.29 is 13.2 Å². The molecule has 7 heteroatoms. The lowest BCUT2D eigenvalue weighted by Gasteiger charge is -2.12. The van der Waals surface area contributed by atoms with Crippen LogP contribution in [-0.4, -0.2) is 20.8 Å². The summed E-state index contributed by atoms with van der Waals surface area (Å²) in [6, 6.07) is 4.83. The van der Waals surface area contributed by atoms with Gasteiger partial charge in [-0.15, -0.1) is 0 Å². The highest BCUT2D eigenvalue weighted by molar-refractivity contribution is 8.13. The second kappa shape index (κ2) is 6.14. The van der Waals surface area contributed by atoms with Gasteiger partial charge < -0.3 is 4.74 Å². The van der Waals surface area contributed by atoms with Crippen molar-refractivity contribution >= 4 is 42.9 Å². The maximum atomic E-state index is 10.8. The molecule has 0 saturated carbocycles. The Hall–Kier alpha value is -0.160. The molecule has 0 bridgehead atoms. The summed E-state index contributed by atoms with van der Waals surface area (Å²) in [4.78, 5) is 0. The summed E-state index contributed by atoms with van der Waals surface area (Å²) in [6.07, 6.45) is 0. The summed E-state index contributed by atoms with van der Waals surface area (Å²) in [7, 11) is 1.63. The van der Waals surface area contributed by atoms with Gasteiger partial charge in [0.1, 0.15) is 5.75 Å². The van der Waals surface area contributed by atoms with Crippen molar-refractivity contribution in [3.8, 4) is 5.75 Å². The summed E-state index contributed by atoms with van der Waals surface area (Å²) < 4.78 is 27.0. The van der Waals surface area contributed by atoms with Gasteiger partial charge in [0.2, 0.25) is 9.05 Å². The van der Waals surface area contributed by atoms with E-state index in [1.165, 1.54) is 0 Å². The zero-order valence-electron chi connectivity index (χ0n) is 8.99. The van der Waals surface area contributed by atoms with E-state index < -0.39 is 9.05 Å². The third-order valence-electron chi connectivity index (χ3n) is 1.90. The average Bonchev–Trinajstić information content (AvgIpc) is 2.13. The third kappa shape index (κ3) is 5.82. The highest BCUT2D eigenvalue weighted by atomic mass is 35.7. The molecule has 1 aromatic carbocycles. The van der Waals surface area contributed by atoms with Gasteiger partial charge in [0.05, 0.1) is 17.4 Å². The lowest BCUT2D eigenvalue weighted by molar-refractivity contribution is 0.272. The van der Waals surface area contributed by atoms with Crippen molar-refractivity contribution in [3.05, 3.63) is 28.2 Å². The lowest BCUT2D eigenvalue weighted by Crippen LogP contribution is -2.16. The van der Waals surface area contributed by atoms with Gasteiger partial charge in [-0.2, -0.15) is 0 Å². The van der Waals surface area contributed by atoms with Crippen LogP contribution in [0.4, 0.5) is 0 Å². The molecule has 1 atom stereocenters. The minimum atomic E-state index is -3.51. The largest absolute Gasteiger partial charge is 0.492 e. The monoisotopic (exact) mass is 316 g/mol. The molecule has 0 radical (unpaired) electrons. The first-order chi connectivity index (χ1) is 7.78. The number of benzene rings is 1. The first-order valence-electron chi connectivity index (χ1n) is 4.78. The van der Waals surface area contributed by atoms with Crippen LogP contribution < -0.4 is 4.74 Å². The predicted octanol–water partition coefficient (Wildman–Crippen LogP) is 3.58. The molecule has 0 heterocycles. The standard InChI is InChI=1S/C10H11Cl3O3S/c1-7(6-17(13,14)15)5-16-10-3-2-8(11)4-9(10)12/h2-4,7H,5-6H2,1H3. The van der Waals surface area contributed by atoms with Gasteiger partial charge in [-0.25, -0.2) is 8.42 Å². The molecule has 0 aliphatic heterocycles. The summed E-state index contributed by atoms with van der Waals surface area (Å²) in [6.45, 7) is 1.94. The van der Waals surface area contributed by atoms with Gasteiger partial charge in [-0.1, -0.05) is 30.1 Å². The third-order valence-corrected chi connectivity index (χ3v) is 3.78. The number of ether oxygens (including phenoxy) is 1. The Morgan fingerprint density at radius 3 is 2.53 bits per heavy atom. The lowest BCUT2D eigenvalue weighted by atomic mass is 10.2. The van der Waals surface area contributed by atoms with Crippen LogP contribution in [0.1, 0.15) is 6.92 Å². The van der Waals surface area contributed by atoms with Crippen LogP contribution in [-0.2, 0) is 9.05 Å². The molecule has 0 N–H and O–H groups in total. The Morgan fingerprint density at radius 1 is 1.35 bits per heavy atom. The van der Waals surface area contributed by atoms with Gasteiger partial charge in [0.25, 0.3) is 0 Å². The smallest absolute Gasteiger partial charge is 0.232 e. The molecule has 17 heavy (non-hydrogen) atoms. The van der Waals surface area contributed by atoms with Gasteiger partial charge in [0.15, 0.2) is 0 Å². The Balaban J connectivity index is 2.56. The SMILES string of the molecule is CC(COc1ccc(Cl)cc1Cl)CS(=O)(=O)Cl. The Morgan fingerprint density at radius 2 is 2.00 bits per heavy atom. The molecule has 0 aliphatic carbocycles. The number of hydrogen-bond acceptors (Lipinski definition) is 3. The van der Waals surface area contributed by atoms with Gasteiger partial charge in [-0.05, 0) is 18.2 Å². The van der Waals surface area contributed by atoms with Crippen LogP contribution in [0.15, 0.2) is 18.2 Å². The van der Waals surface area contributed by atoms with E-state index in [4.69, 9.17) is 38.6 Å². The molecule has 0 aromatic heterocycles. The molecule has 0 aliphatic rings. The molecule has 0 spiro atoms. The van der Waals surface area contributed by atoms with E-state index >= 15 is 0 Å². The van der Waals surface area contributed by atoms with Crippen molar-refractivity contribution in [2.24, 2.45) is 5.92 Å². The quantitative estimate of drug-likeness (QED) is 0.780. The van der Waals surface area contributed by atoms with E-state index in [0.717, 1.165) is 0 Å². The van der Waals surface area contributed by atoms with E-state index in [1.54, 1.807) is 25.1 Å². The Bertz CT molecular complexity index is 488. The predicted molar refractivity (Wildman–Crippen MR) is 70.8 cm³/mol. The fraction of sp³-hybridized carbons (Fsp3) is 0.400. The minimum Gasteiger partial charge on any atom is -0.492 e. The van der Waals surface area contributed by atoms with Crippen molar-refractivity contribution in [3.63, 3.8) is 0 Å². The summed E-state index contributed by atoms with van der Waals surface area (Å²) in [5.41, 5.74) is 0. The second-order valence-electron chi connectivity index (χ2n) is 3.70. The van der Waals surface area contributed by atoms with Crippen LogP contribution in [0.3, 0.4) is 0 Å².